The van der Waals surface area contributed by atoms with E-state index in [0.29, 0.717) is 6.04 Å². The molecule has 2 heterocycles. The number of carboxylic acids is 1. The molecule has 104 valence electrons. The summed E-state index contributed by atoms with van der Waals surface area (Å²) in [5, 5.41) is 10.6. The van der Waals surface area contributed by atoms with Crippen LogP contribution in [0.4, 0.5) is 0 Å². The maximum Gasteiger partial charge on any atom is 0.328 e. The van der Waals surface area contributed by atoms with Gasteiger partial charge in [0.15, 0.2) is 0 Å². The molecule has 19 heavy (non-hydrogen) atoms. The van der Waals surface area contributed by atoms with Gasteiger partial charge in [0.2, 0.25) is 0 Å². The van der Waals surface area contributed by atoms with Crippen LogP contribution in [-0.4, -0.2) is 28.6 Å². The Labute approximate surface area is 118 Å². The topological polar surface area (TPSA) is 40.5 Å². The Morgan fingerprint density at radius 3 is 3.11 bits per heavy atom. The fourth-order valence-corrected chi connectivity index (χ4v) is 3.46. The standard InChI is InChI=1S/C15H21NO2S/c1-11-4-3-7-16(12(11)2)9-14-8-13(10-19-14)5-6-15(17)18/h5-6,8,10-12H,3-4,7,9H2,1-2H3,(H,17,18)/b6-5+. The minimum absolute atomic E-state index is 0.633. The van der Waals surface area contributed by atoms with Crippen molar-refractivity contribution in [3.63, 3.8) is 0 Å². The van der Waals surface area contributed by atoms with Crippen LogP contribution in [0.2, 0.25) is 0 Å². The molecule has 1 aliphatic heterocycles. The fraction of sp³-hybridized carbons (Fsp3) is 0.533. The molecule has 0 aromatic carbocycles. The SMILES string of the molecule is CC1CCCN(Cc2cc(/C=C/C(=O)O)cs2)C1C. The molecule has 1 fully saturated rings. The van der Waals surface area contributed by atoms with E-state index in [2.05, 4.69) is 24.8 Å². The molecule has 2 rings (SSSR count). The van der Waals surface area contributed by atoms with Gasteiger partial charge in [0, 0.05) is 23.5 Å². The highest BCUT2D eigenvalue weighted by Crippen LogP contribution is 2.26. The summed E-state index contributed by atoms with van der Waals surface area (Å²) in [6.07, 6.45) is 5.46. The van der Waals surface area contributed by atoms with E-state index in [1.165, 1.54) is 30.3 Å². The zero-order valence-electron chi connectivity index (χ0n) is 11.5. The lowest BCUT2D eigenvalue weighted by Gasteiger charge is -2.37. The van der Waals surface area contributed by atoms with Crippen LogP contribution in [0, 0.1) is 5.92 Å². The van der Waals surface area contributed by atoms with E-state index in [9.17, 15) is 4.79 Å². The number of rotatable bonds is 4. The molecule has 0 spiro atoms. The predicted octanol–water partition coefficient (Wildman–Crippen LogP) is 3.47. The van der Waals surface area contributed by atoms with E-state index >= 15 is 0 Å². The molecule has 0 aliphatic carbocycles. The molecule has 0 amide bonds. The lowest BCUT2D eigenvalue weighted by Crippen LogP contribution is -2.41. The zero-order valence-corrected chi connectivity index (χ0v) is 12.3. The Balaban J connectivity index is 1.97. The van der Waals surface area contributed by atoms with Gasteiger partial charge in [0.25, 0.3) is 0 Å². The number of nitrogens with zero attached hydrogens (tertiary/aromatic N) is 1. The molecule has 0 saturated carbocycles. The summed E-state index contributed by atoms with van der Waals surface area (Å²) >= 11 is 1.71. The third-order valence-electron chi connectivity index (χ3n) is 3.96. The third kappa shape index (κ3) is 3.91. The lowest BCUT2D eigenvalue weighted by atomic mass is 9.92. The minimum atomic E-state index is -0.897. The molecule has 1 saturated heterocycles. The first-order valence-electron chi connectivity index (χ1n) is 6.78. The fourth-order valence-electron chi connectivity index (χ4n) is 2.58. The number of likely N-dealkylation sites (tertiary alicyclic amines) is 1. The van der Waals surface area contributed by atoms with Gasteiger partial charge in [-0.25, -0.2) is 4.79 Å². The predicted molar refractivity (Wildman–Crippen MR) is 79.3 cm³/mol. The summed E-state index contributed by atoms with van der Waals surface area (Å²) < 4.78 is 0. The van der Waals surface area contributed by atoms with Crippen LogP contribution in [0.5, 0.6) is 0 Å². The molecule has 2 atom stereocenters. The van der Waals surface area contributed by atoms with E-state index in [4.69, 9.17) is 5.11 Å². The number of carbonyl (C=O) groups is 1. The maximum absolute atomic E-state index is 10.5. The van der Waals surface area contributed by atoms with Crippen molar-refractivity contribution in [2.24, 2.45) is 5.92 Å². The average Bonchev–Trinajstić information content (AvgIpc) is 2.80. The van der Waals surface area contributed by atoms with E-state index in [1.807, 2.05) is 5.38 Å². The molecule has 1 N–H and O–H groups in total. The molecule has 1 aliphatic rings. The van der Waals surface area contributed by atoms with Crippen molar-refractivity contribution in [3.8, 4) is 0 Å². The van der Waals surface area contributed by atoms with Gasteiger partial charge in [-0.05, 0) is 55.3 Å². The van der Waals surface area contributed by atoms with E-state index in [-0.39, 0.29) is 0 Å². The van der Waals surface area contributed by atoms with E-state index < -0.39 is 5.97 Å². The molecule has 0 radical (unpaired) electrons. The van der Waals surface area contributed by atoms with Gasteiger partial charge in [-0.2, -0.15) is 0 Å². The molecular weight excluding hydrogens is 258 g/mol. The number of hydrogen-bond donors (Lipinski definition) is 1. The van der Waals surface area contributed by atoms with Crippen molar-refractivity contribution in [2.45, 2.75) is 39.3 Å². The highest BCUT2D eigenvalue weighted by atomic mass is 32.1. The number of piperidine rings is 1. The Morgan fingerprint density at radius 1 is 1.58 bits per heavy atom. The highest BCUT2D eigenvalue weighted by Gasteiger charge is 2.24. The third-order valence-corrected chi connectivity index (χ3v) is 4.90. The van der Waals surface area contributed by atoms with Crippen molar-refractivity contribution in [2.75, 3.05) is 6.54 Å². The monoisotopic (exact) mass is 279 g/mol. The van der Waals surface area contributed by atoms with E-state index in [0.717, 1.165) is 18.0 Å². The first-order chi connectivity index (χ1) is 9.06. The van der Waals surface area contributed by atoms with Crippen molar-refractivity contribution in [3.05, 3.63) is 28.0 Å². The van der Waals surface area contributed by atoms with Crippen LogP contribution in [0.3, 0.4) is 0 Å². The second kappa shape index (κ2) is 6.35. The van der Waals surface area contributed by atoms with Gasteiger partial charge in [-0.1, -0.05) is 6.92 Å². The lowest BCUT2D eigenvalue weighted by molar-refractivity contribution is -0.131. The Bertz CT molecular complexity index is 466. The Hall–Kier alpha value is -1.13. The number of aliphatic carboxylic acids is 1. The molecule has 3 nitrogen and oxygen atoms in total. The smallest absolute Gasteiger partial charge is 0.328 e. The summed E-state index contributed by atoms with van der Waals surface area (Å²) in [4.78, 5) is 14.3. The summed E-state index contributed by atoms with van der Waals surface area (Å²) in [7, 11) is 0. The molecule has 0 bridgehead atoms. The number of hydrogen-bond acceptors (Lipinski definition) is 3. The van der Waals surface area contributed by atoms with Crippen LogP contribution < -0.4 is 0 Å². The quantitative estimate of drug-likeness (QED) is 0.858. The highest BCUT2D eigenvalue weighted by molar-refractivity contribution is 7.10. The Kier molecular flexibility index (Phi) is 4.77. The van der Waals surface area contributed by atoms with Crippen LogP contribution in [0.15, 0.2) is 17.5 Å². The largest absolute Gasteiger partial charge is 0.478 e. The minimum Gasteiger partial charge on any atom is -0.478 e. The van der Waals surface area contributed by atoms with Crippen LogP contribution in [0.25, 0.3) is 6.08 Å². The van der Waals surface area contributed by atoms with Crippen molar-refractivity contribution < 1.29 is 9.90 Å². The van der Waals surface area contributed by atoms with Gasteiger partial charge in [-0.15, -0.1) is 11.3 Å². The van der Waals surface area contributed by atoms with Gasteiger partial charge < -0.3 is 5.11 Å². The van der Waals surface area contributed by atoms with Crippen molar-refractivity contribution in [1.29, 1.82) is 0 Å². The first-order valence-corrected chi connectivity index (χ1v) is 7.66. The average molecular weight is 279 g/mol. The van der Waals surface area contributed by atoms with Crippen LogP contribution in [-0.2, 0) is 11.3 Å². The maximum atomic E-state index is 10.5. The second-order valence-electron chi connectivity index (χ2n) is 5.35. The normalized spacial score (nSPS) is 24.9. The molecule has 2 unspecified atom stereocenters. The summed E-state index contributed by atoms with van der Waals surface area (Å²) in [6.45, 7) is 6.79. The van der Waals surface area contributed by atoms with Gasteiger partial charge in [0.05, 0.1) is 0 Å². The van der Waals surface area contributed by atoms with Crippen LogP contribution >= 0.6 is 11.3 Å². The Morgan fingerprint density at radius 2 is 2.37 bits per heavy atom. The second-order valence-corrected chi connectivity index (χ2v) is 6.34. The zero-order chi connectivity index (χ0) is 13.8. The molecule has 1 aromatic heterocycles. The number of thiophene rings is 1. The summed E-state index contributed by atoms with van der Waals surface area (Å²) in [5.74, 6) is -0.133. The molecular formula is C15H21NO2S. The van der Waals surface area contributed by atoms with E-state index in [1.54, 1.807) is 17.4 Å². The van der Waals surface area contributed by atoms with Gasteiger partial charge in [-0.3, -0.25) is 4.90 Å². The summed E-state index contributed by atoms with van der Waals surface area (Å²) in [6, 6.07) is 2.73. The molecule has 1 aromatic rings. The molecule has 4 heteroatoms. The van der Waals surface area contributed by atoms with Gasteiger partial charge in [0.1, 0.15) is 0 Å². The summed E-state index contributed by atoms with van der Waals surface area (Å²) in [5.41, 5.74) is 0.986. The first kappa shape index (κ1) is 14.3. The number of carboxylic acid groups (broad SMARTS) is 1. The van der Waals surface area contributed by atoms with Crippen LogP contribution in [0.1, 0.15) is 37.1 Å². The van der Waals surface area contributed by atoms with Crippen molar-refractivity contribution >= 4 is 23.4 Å². The van der Waals surface area contributed by atoms with Gasteiger partial charge >= 0.3 is 5.97 Å². The van der Waals surface area contributed by atoms with Crippen molar-refractivity contribution in [1.82, 2.24) is 4.90 Å².